The number of amides is 1. The molecule has 2 aromatic heterocycles. The number of hydrogen-bond donors (Lipinski definition) is 4. The Hall–Kier alpha value is -2.08. The molecule has 1 unspecified atom stereocenters. The van der Waals surface area contributed by atoms with Crippen LogP contribution >= 0.6 is 0 Å². The van der Waals surface area contributed by atoms with Crippen LogP contribution in [0.5, 0.6) is 0 Å². The van der Waals surface area contributed by atoms with Crippen molar-refractivity contribution in [3.63, 3.8) is 0 Å². The van der Waals surface area contributed by atoms with E-state index in [0.717, 1.165) is 36.0 Å². The van der Waals surface area contributed by atoms with Gasteiger partial charge in [-0.05, 0) is 42.2 Å². The minimum absolute atomic E-state index is 0.0247. The number of aromatic amines is 1. The van der Waals surface area contributed by atoms with Gasteiger partial charge in [0.15, 0.2) is 0 Å². The Labute approximate surface area is 141 Å². The van der Waals surface area contributed by atoms with Gasteiger partial charge in [-0.15, -0.1) is 0 Å². The van der Waals surface area contributed by atoms with Crippen LogP contribution in [0.1, 0.15) is 48.9 Å². The van der Waals surface area contributed by atoms with E-state index in [9.17, 15) is 4.79 Å². The number of aliphatic hydroxyl groups is 1. The number of nitrogens with one attached hydrogen (secondary N) is 2. The van der Waals surface area contributed by atoms with Crippen molar-refractivity contribution >= 4 is 22.6 Å². The lowest BCUT2D eigenvalue weighted by Crippen LogP contribution is -2.27. The van der Waals surface area contributed by atoms with Crippen LogP contribution in [0.25, 0.3) is 11.0 Å². The summed E-state index contributed by atoms with van der Waals surface area (Å²) in [7, 11) is 0. The lowest BCUT2D eigenvalue weighted by atomic mass is 9.71. The van der Waals surface area contributed by atoms with Gasteiger partial charge in [0.05, 0.1) is 17.8 Å². The Morgan fingerprint density at radius 2 is 2.25 bits per heavy atom. The number of nitrogens with zero attached hydrogens (tertiary/aromatic N) is 1. The van der Waals surface area contributed by atoms with Crippen molar-refractivity contribution in [3.05, 3.63) is 23.0 Å². The smallest absolute Gasteiger partial charge is 0.267 e. The third-order valence-electron chi connectivity index (χ3n) is 5.02. The zero-order chi connectivity index (χ0) is 17.5. The molecule has 6 nitrogen and oxygen atoms in total. The minimum Gasteiger partial charge on any atom is -0.395 e. The van der Waals surface area contributed by atoms with Gasteiger partial charge in [-0.1, -0.05) is 20.8 Å². The van der Waals surface area contributed by atoms with E-state index in [1.54, 1.807) is 0 Å². The number of carbonyl (C=O) groups is 1. The first-order valence-corrected chi connectivity index (χ1v) is 8.50. The van der Waals surface area contributed by atoms with E-state index in [2.05, 4.69) is 37.1 Å². The molecule has 130 valence electrons. The molecule has 24 heavy (non-hydrogen) atoms. The van der Waals surface area contributed by atoms with Gasteiger partial charge in [0, 0.05) is 12.2 Å². The molecule has 6 heteroatoms. The number of aromatic nitrogens is 2. The molecule has 0 aliphatic heterocycles. The van der Waals surface area contributed by atoms with E-state index in [1.165, 1.54) is 5.56 Å². The standard InChI is InChI=1S/C18H26N4O2/c1-18(2,3)11-4-5-12-10(8-11)9-13-14(21-12)15(20-6-7-23)16(22-13)17(19)24/h9,11,20,22-23H,4-8H2,1-3H3,(H2,19,24). The van der Waals surface area contributed by atoms with Crippen LogP contribution in [0.15, 0.2) is 6.07 Å². The first kappa shape index (κ1) is 16.8. The number of pyridine rings is 1. The third-order valence-corrected chi connectivity index (χ3v) is 5.02. The van der Waals surface area contributed by atoms with Crippen LogP contribution in [0.3, 0.4) is 0 Å². The molecule has 2 heterocycles. The Balaban J connectivity index is 2.06. The largest absolute Gasteiger partial charge is 0.395 e. The lowest BCUT2D eigenvalue weighted by Gasteiger charge is -2.34. The molecule has 0 saturated heterocycles. The quantitative estimate of drug-likeness (QED) is 0.690. The number of anilines is 1. The summed E-state index contributed by atoms with van der Waals surface area (Å²) in [6, 6.07) is 2.10. The Kier molecular flexibility index (Phi) is 4.25. The topological polar surface area (TPSA) is 104 Å². The zero-order valence-corrected chi connectivity index (χ0v) is 14.6. The number of H-pyrrole nitrogens is 1. The maximum atomic E-state index is 11.7. The van der Waals surface area contributed by atoms with E-state index in [4.69, 9.17) is 15.8 Å². The SMILES string of the molecule is CC(C)(C)C1CCc2nc3c(NCCO)c(C(N)=O)[nH]c3cc2C1. The number of rotatable bonds is 4. The molecule has 0 aromatic carbocycles. The first-order chi connectivity index (χ1) is 11.3. The predicted molar refractivity (Wildman–Crippen MR) is 95.2 cm³/mol. The highest BCUT2D eigenvalue weighted by molar-refractivity contribution is 6.06. The van der Waals surface area contributed by atoms with E-state index in [0.29, 0.717) is 23.8 Å². The fourth-order valence-electron chi connectivity index (χ4n) is 3.54. The average Bonchev–Trinajstić information content (AvgIpc) is 2.87. The molecule has 0 fully saturated rings. The number of primary amides is 1. The summed E-state index contributed by atoms with van der Waals surface area (Å²) in [6.07, 6.45) is 3.08. The fourth-order valence-corrected chi connectivity index (χ4v) is 3.54. The van der Waals surface area contributed by atoms with Gasteiger partial charge in [0.2, 0.25) is 0 Å². The summed E-state index contributed by atoms with van der Waals surface area (Å²) < 4.78 is 0. The summed E-state index contributed by atoms with van der Waals surface area (Å²) in [6.45, 7) is 7.17. The molecular formula is C18H26N4O2. The first-order valence-electron chi connectivity index (χ1n) is 8.50. The van der Waals surface area contributed by atoms with Crippen LogP contribution < -0.4 is 11.1 Å². The summed E-state index contributed by atoms with van der Waals surface area (Å²) in [5.74, 6) is 0.0980. The molecule has 0 bridgehead atoms. The monoisotopic (exact) mass is 330 g/mol. The fraction of sp³-hybridized carbons (Fsp3) is 0.556. The van der Waals surface area contributed by atoms with Gasteiger partial charge >= 0.3 is 0 Å². The van der Waals surface area contributed by atoms with E-state index in [1.807, 2.05) is 0 Å². The van der Waals surface area contributed by atoms with Crippen LogP contribution in [0.4, 0.5) is 5.69 Å². The van der Waals surface area contributed by atoms with Gasteiger partial charge in [-0.2, -0.15) is 0 Å². The van der Waals surface area contributed by atoms with Gasteiger partial charge in [-0.25, -0.2) is 4.98 Å². The number of fused-ring (bicyclic) bond motifs is 2. The number of aliphatic hydroxyl groups excluding tert-OH is 1. The van der Waals surface area contributed by atoms with Gasteiger partial charge < -0.3 is 21.1 Å². The molecule has 1 atom stereocenters. The van der Waals surface area contributed by atoms with Crippen molar-refractivity contribution in [1.82, 2.24) is 9.97 Å². The molecule has 0 saturated carbocycles. The van der Waals surface area contributed by atoms with Gasteiger partial charge in [0.1, 0.15) is 11.2 Å². The Bertz CT molecular complexity index is 773. The van der Waals surface area contributed by atoms with Gasteiger partial charge in [-0.3, -0.25) is 4.79 Å². The van der Waals surface area contributed by atoms with E-state index >= 15 is 0 Å². The van der Waals surface area contributed by atoms with E-state index in [-0.39, 0.29) is 12.0 Å². The maximum absolute atomic E-state index is 11.7. The minimum atomic E-state index is -0.529. The zero-order valence-electron chi connectivity index (χ0n) is 14.6. The highest BCUT2D eigenvalue weighted by atomic mass is 16.3. The summed E-state index contributed by atoms with van der Waals surface area (Å²) in [5, 5.41) is 12.1. The average molecular weight is 330 g/mol. The Morgan fingerprint density at radius 3 is 2.88 bits per heavy atom. The second-order valence-corrected chi connectivity index (χ2v) is 7.69. The molecule has 3 rings (SSSR count). The molecule has 0 spiro atoms. The summed E-state index contributed by atoms with van der Waals surface area (Å²) in [5.41, 5.74) is 10.6. The molecule has 1 amide bonds. The number of carbonyl (C=O) groups excluding carboxylic acids is 1. The third kappa shape index (κ3) is 2.98. The van der Waals surface area contributed by atoms with Crippen molar-refractivity contribution in [2.75, 3.05) is 18.5 Å². The molecular weight excluding hydrogens is 304 g/mol. The van der Waals surface area contributed by atoms with Crippen LogP contribution in [0, 0.1) is 11.3 Å². The van der Waals surface area contributed by atoms with Crippen molar-refractivity contribution < 1.29 is 9.90 Å². The summed E-state index contributed by atoms with van der Waals surface area (Å²) in [4.78, 5) is 19.6. The predicted octanol–water partition coefficient (Wildman–Crippen LogP) is 2.22. The van der Waals surface area contributed by atoms with Crippen molar-refractivity contribution in [1.29, 1.82) is 0 Å². The highest BCUT2D eigenvalue weighted by Crippen LogP contribution is 2.38. The lowest BCUT2D eigenvalue weighted by molar-refractivity contribution is 0.0997. The maximum Gasteiger partial charge on any atom is 0.267 e. The van der Waals surface area contributed by atoms with Crippen molar-refractivity contribution in [2.45, 2.75) is 40.0 Å². The molecule has 5 N–H and O–H groups in total. The van der Waals surface area contributed by atoms with Crippen LogP contribution in [-0.2, 0) is 12.8 Å². The molecule has 0 radical (unpaired) electrons. The second-order valence-electron chi connectivity index (χ2n) is 7.69. The van der Waals surface area contributed by atoms with Crippen molar-refractivity contribution in [3.8, 4) is 0 Å². The highest BCUT2D eigenvalue weighted by Gasteiger charge is 2.30. The molecule has 1 aliphatic carbocycles. The van der Waals surface area contributed by atoms with Gasteiger partial charge in [0.25, 0.3) is 5.91 Å². The number of aryl methyl sites for hydroxylation is 1. The molecule has 1 aliphatic rings. The van der Waals surface area contributed by atoms with E-state index < -0.39 is 5.91 Å². The second kappa shape index (κ2) is 6.09. The van der Waals surface area contributed by atoms with Crippen molar-refractivity contribution in [2.24, 2.45) is 17.1 Å². The normalized spacial score (nSPS) is 17.8. The van der Waals surface area contributed by atoms with Crippen LogP contribution in [0.2, 0.25) is 0 Å². The molecule has 2 aromatic rings. The number of hydrogen-bond acceptors (Lipinski definition) is 4. The Morgan fingerprint density at radius 1 is 1.50 bits per heavy atom. The van der Waals surface area contributed by atoms with Crippen LogP contribution in [-0.4, -0.2) is 34.1 Å². The summed E-state index contributed by atoms with van der Waals surface area (Å²) >= 11 is 0. The number of nitrogens with two attached hydrogens (primary N) is 1.